The summed E-state index contributed by atoms with van der Waals surface area (Å²) < 4.78 is 23.4. The van der Waals surface area contributed by atoms with Gasteiger partial charge in [0.2, 0.25) is 14.3 Å². The van der Waals surface area contributed by atoms with Crippen molar-refractivity contribution in [3.05, 3.63) is 76.8 Å². The van der Waals surface area contributed by atoms with E-state index in [-0.39, 0.29) is 31.4 Å². The minimum absolute atomic E-state index is 0.0674. The third kappa shape index (κ3) is 5.06. The Morgan fingerprint density at radius 1 is 1.30 bits per heavy atom. The van der Waals surface area contributed by atoms with Gasteiger partial charge in [0.05, 0.1) is 24.8 Å². The first-order chi connectivity index (χ1) is 17.5. The number of hydrogen-bond donors (Lipinski definition) is 1. The normalized spacial score (nSPS) is 25.0. The Bertz CT molecular complexity index is 1170. The summed E-state index contributed by atoms with van der Waals surface area (Å²) in [6.45, 7) is 9.51. The standard InChI is InChI=1S/C28H34BrFN2O4Si/c1-5-13-32-23-12-11-21(29)16-22(23)28(27(32)35)19(2)26(37(3,4)30)24(36-28)17-25(34)31(14-15-33)18-20-9-7-6-8-10-20/h5-12,16,19,24,26,33H,1,13-15,17-18H2,2-4H3/t19-,24+,26-,28+/m1/s1. The molecule has 1 spiro atoms. The lowest BCUT2D eigenvalue weighted by Crippen LogP contribution is -2.45. The molecule has 2 aliphatic rings. The summed E-state index contributed by atoms with van der Waals surface area (Å²) in [6.07, 6.45) is 0.818. The van der Waals surface area contributed by atoms with Crippen molar-refractivity contribution in [2.45, 2.75) is 50.2 Å². The zero-order valence-electron chi connectivity index (χ0n) is 21.5. The highest BCUT2D eigenvalue weighted by Crippen LogP contribution is 2.60. The summed E-state index contributed by atoms with van der Waals surface area (Å²) in [7, 11) is -3.39. The summed E-state index contributed by atoms with van der Waals surface area (Å²) in [5, 5.41) is 9.62. The zero-order chi connectivity index (χ0) is 27.0. The number of anilines is 1. The van der Waals surface area contributed by atoms with Gasteiger partial charge in [0.1, 0.15) is 0 Å². The molecule has 2 aliphatic heterocycles. The second-order valence-electron chi connectivity index (χ2n) is 10.4. The Hall–Kier alpha value is -2.33. The van der Waals surface area contributed by atoms with E-state index in [4.69, 9.17) is 4.74 Å². The quantitative estimate of drug-likeness (QED) is 0.249. The van der Waals surface area contributed by atoms with Gasteiger partial charge in [-0.1, -0.05) is 59.3 Å². The van der Waals surface area contributed by atoms with Crippen LogP contribution >= 0.6 is 15.9 Å². The molecular formula is C28H34BrFN2O4Si. The van der Waals surface area contributed by atoms with Crippen molar-refractivity contribution >= 4 is 41.8 Å². The van der Waals surface area contributed by atoms with Crippen LogP contribution in [0.1, 0.15) is 24.5 Å². The van der Waals surface area contributed by atoms with Crippen LogP contribution < -0.4 is 4.90 Å². The number of benzene rings is 2. The summed E-state index contributed by atoms with van der Waals surface area (Å²) in [6, 6.07) is 15.1. The molecule has 2 aromatic rings. The van der Waals surface area contributed by atoms with Crippen LogP contribution in [0.4, 0.5) is 9.80 Å². The number of fused-ring (bicyclic) bond motifs is 2. The van der Waals surface area contributed by atoms with Gasteiger partial charge < -0.3 is 23.8 Å². The third-order valence-electron chi connectivity index (χ3n) is 7.55. The maximum Gasteiger partial charge on any atom is 0.264 e. The Morgan fingerprint density at radius 2 is 2.00 bits per heavy atom. The second kappa shape index (κ2) is 10.8. The lowest BCUT2D eigenvalue weighted by molar-refractivity contribution is -0.149. The van der Waals surface area contributed by atoms with Crippen molar-refractivity contribution in [3.8, 4) is 0 Å². The molecule has 0 aromatic heterocycles. The number of carbonyl (C=O) groups excluding carboxylic acids is 2. The van der Waals surface area contributed by atoms with E-state index in [1.165, 1.54) is 0 Å². The van der Waals surface area contributed by atoms with E-state index in [0.29, 0.717) is 18.7 Å². The molecular weight excluding hydrogens is 555 g/mol. The Labute approximate surface area is 227 Å². The molecule has 0 saturated carbocycles. The van der Waals surface area contributed by atoms with E-state index in [9.17, 15) is 14.7 Å². The molecule has 2 heterocycles. The molecule has 37 heavy (non-hydrogen) atoms. The highest BCUT2D eigenvalue weighted by atomic mass is 79.9. The minimum Gasteiger partial charge on any atom is -0.395 e. The molecule has 0 radical (unpaired) electrons. The van der Waals surface area contributed by atoms with Crippen LogP contribution in [0.3, 0.4) is 0 Å². The maximum atomic E-state index is 15.9. The van der Waals surface area contributed by atoms with Crippen molar-refractivity contribution < 1.29 is 23.5 Å². The van der Waals surface area contributed by atoms with E-state index in [2.05, 4.69) is 22.5 Å². The third-order valence-corrected chi connectivity index (χ3v) is 10.5. The van der Waals surface area contributed by atoms with E-state index < -0.39 is 31.6 Å². The summed E-state index contributed by atoms with van der Waals surface area (Å²) in [5.41, 5.74) is 0.382. The molecule has 2 aromatic carbocycles. The summed E-state index contributed by atoms with van der Waals surface area (Å²) in [4.78, 5) is 30.7. The molecule has 4 atom stereocenters. The lowest BCUT2D eigenvalue weighted by atomic mass is 9.82. The van der Waals surface area contributed by atoms with Gasteiger partial charge in [0.15, 0.2) is 5.60 Å². The Kier molecular flexibility index (Phi) is 8.09. The molecule has 0 unspecified atom stereocenters. The highest BCUT2D eigenvalue weighted by molar-refractivity contribution is 9.10. The lowest BCUT2D eigenvalue weighted by Gasteiger charge is -2.31. The van der Waals surface area contributed by atoms with Crippen molar-refractivity contribution in [2.24, 2.45) is 5.92 Å². The van der Waals surface area contributed by atoms with E-state index in [1.807, 2.05) is 55.5 Å². The predicted molar refractivity (Wildman–Crippen MR) is 148 cm³/mol. The van der Waals surface area contributed by atoms with Gasteiger partial charge in [-0.2, -0.15) is 0 Å². The molecule has 9 heteroatoms. The SMILES string of the molecule is C=CCN1C(=O)[C@@]2(O[C@@H](CC(=O)N(CCO)Cc3ccccc3)[C@H]([Si](C)(C)F)[C@H]2C)c2cc(Br)ccc21. The number of ether oxygens (including phenoxy) is 1. The number of nitrogens with zero attached hydrogens (tertiary/aromatic N) is 2. The summed E-state index contributed by atoms with van der Waals surface area (Å²) >= 11 is 3.52. The Balaban J connectivity index is 1.70. The van der Waals surface area contributed by atoms with E-state index in [1.54, 1.807) is 29.0 Å². The first kappa shape index (κ1) is 27.7. The smallest absolute Gasteiger partial charge is 0.264 e. The first-order valence-corrected chi connectivity index (χ1v) is 16.3. The van der Waals surface area contributed by atoms with Crippen LogP contribution in [0.15, 0.2) is 65.7 Å². The van der Waals surface area contributed by atoms with Gasteiger partial charge in [-0.25, -0.2) is 0 Å². The summed E-state index contributed by atoms with van der Waals surface area (Å²) in [5.74, 6) is -0.964. The van der Waals surface area contributed by atoms with Gasteiger partial charge in [-0.15, -0.1) is 6.58 Å². The number of amides is 2. The van der Waals surface area contributed by atoms with E-state index in [0.717, 1.165) is 15.7 Å². The molecule has 198 valence electrons. The number of rotatable bonds is 9. The van der Waals surface area contributed by atoms with Crippen LogP contribution in [-0.2, 0) is 26.5 Å². The zero-order valence-corrected chi connectivity index (χ0v) is 24.1. The van der Waals surface area contributed by atoms with Gasteiger partial charge in [0.25, 0.3) is 5.91 Å². The monoisotopic (exact) mass is 588 g/mol. The second-order valence-corrected chi connectivity index (χ2v) is 15.1. The molecule has 0 aliphatic carbocycles. The molecule has 4 rings (SSSR count). The molecule has 2 amide bonds. The average Bonchev–Trinajstić information content (AvgIpc) is 3.26. The van der Waals surface area contributed by atoms with Gasteiger partial charge >= 0.3 is 0 Å². The number of hydrogen-bond acceptors (Lipinski definition) is 4. The largest absolute Gasteiger partial charge is 0.395 e. The molecule has 1 fully saturated rings. The van der Waals surface area contributed by atoms with Crippen LogP contribution in [0.25, 0.3) is 0 Å². The molecule has 0 bridgehead atoms. The van der Waals surface area contributed by atoms with Crippen LogP contribution in [0.2, 0.25) is 18.6 Å². The topological polar surface area (TPSA) is 70.1 Å². The number of aliphatic hydroxyl groups excluding tert-OH is 1. The maximum absolute atomic E-state index is 15.9. The van der Waals surface area contributed by atoms with Gasteiger partial charge in [0, 0.05) is 41.1 Å². The molecule has 1 N–H and O–H groups in total. The predicted octanol–water partition coefficient (Wildman–Crippen LogP) is 5.17. The minimum atomic E-state index is -3.39. The van der Waals surface area contributed by atoms with Crippen molar-refractivity contribution in [3.63, 3.8) is 0 Å². The molecule has 6 nitrogen and oxygen atoms in total. The van der Waals surface area contributed by atoms with Crippen molar-refractivity contribution in [1.82, 2.24) is 4.90 Å². The fraction of sp³-hybridized carbons (Fsp3) is 0.429. The number of aliphatic hydroxyl groups is 1. The highest BCUT2D eigenvalue weighted by Gasteiger charge is 2.66. The number of halogens is 2. The number of carbonyl (C=O) groups is 2. The van der Waals surface area contributed by atoms with Crippen molar-refractivity contribution in [2.75, 3.05) is 24.6 Å². The Morgan fingerprint density at radius 3 is 2.62 bits per heavy atom. The fourth-order valence-corrected chi connectivity index (χ4v) is 8.90. The van der Waals surface area contributed by atoms with Crippen molar-refractivity contribution in [1.29, 1.82) is 0 Å². The van der Waals surface area contributed by atoms with Crippen LogP contribution in [-0.4, -0.2) is 56.0 Å². The first-order valence-electron chi connectivity index (χ1n) is 12.6. The van der Waals surface area contributed by atoms with Gasteiger partial charge in [-0.3, -0.25) is 9.59 Å². The average molecular weight is 590 g/mol. The molecule has 1 saturated heterocycles. The van der Waals surface area contributed by atoms with Crippen LogP contribution in [0, 0.1) is 5.92 Å². The van der Waals surface area contributed by atoms with Gasteiger partial charge in [-0.05, 0) is 36.9 Å². The fourth-order valence-electron chi connectivity index (χ4n) is 6.05. The van der Waals surface area contributed by atoms with Crippen LogP contribution in [0.5, 0.6) is 0 Å². The van der Waals surface area contributed by atoms with E-state index >= 15 is 4.11 Å².